The van der Waals surface area contributed by atoms with Crippen molar-refractivity contribution in [3.63, 3.8) is 0 Å². The van der Waals surface area contributed by atoms with E-state index < -0.39 is 58.6 Å². The van der Waals surface area contributed by atoms with Crippen molar-refractivity contribution >= 4 is 17.5 Å². The fraction of sp³-hybridized carbons (Fsp3) is 0.378. The lowest BCUT2D eigenvalue weighted by Gasteiger charge is -2.46. The van der Waals surface area contributed by atoms with Gasteiger partial charge in [0.25, 0.3) is 0 Å². The highest BCUT2D eigenvalue weighted by molar-refractivity contribution is 6.10. The van der Waals surface area contributed by atoms with Crippen molar-refractivity contribution in [1.29, 1.82) is 0 Å². The highest BCUT2D eigenvalue weighted by atomic mass is 19.4. The van der Waals surface area contributed by atoms with E-state index >= 15 is 0 Å². The van der Waals surface area contributed by atoms with Crippen LogP contribution in [0.5, 0.6) is 11.5 Å². The summed E-state index contributed by atoms with van der Waals surface area (Å²) in [7, 11) is 1.51. The molecule has 13 heteroatoms. The van der Waals surface area contributed by atoms with Crippen LogP contribution in [-0.2, 0) is 13.0 Å². The Balaban J connectivity index is 1.41. The van der Waals surface area contributed by atoms with Crippen molar-refractivity contribution in [3.05, 3.63) is 136 Å². The SMILES string of the molecule is COc1ccc(NC(=O)N(Cc2ccc(OC(F)(F)F)cc2)CC2(O)CCC3c4ccc(cc4C(=O)c4ccc(F)c(F)c4)CC(O)CCC(C)=CCCC32C)cc1. The number of benzene rings is 4. The second kappa shape index (κ2) is 17.3. The third-order valence-electron chi connectivity index (χ3n) is 11.7. The van der Waals surface area contributed by atoms with Crippen LogP contribution in [0.4, 0.5) is 32.4 Å². The van der Waals surface area contributed by atoms with Gasteiger partial charge in [0.15, 0.2) is 17.4 Å². The molecule has 0 heterocycles. The third-order valence-corrected chi connectivity index (χ3v) is 11.7. The zero-order valence-electron chi connectivity index (χ0n) is 32.5. The van der Waals surface area contributed by atoms with Crippen LogP contribution in [-0.4, -0.2) is 58.6 Å². The number of hydrogen-bond donors (Lipinski definition) is 3. The van der Waals surface area contributed by atoms with Crippen molar-refractivity contribution < 1.29 is 51.2 Å². The van der Waals surface area contributed by atoms with Gasteiger partial charge in [0, 0.05) is 28.8 Å². The van der Waals surface area contributed by atoms with Crippen molar-refractivity contribution in [3.8, 4) is 11.5 Å². The summed E-state index contributed by atoms with van der Waals surface area (Å²) in [5, 5.41) is 26.8. The van der Waals surface area contributed by atoms with E-state index in [0.29, 0.717) is 60.2 Å². The van der Waals surface area contributed by atoms with Crippen molar-refractivity contribution in [2.24, 2.45) is 5.41 Å². The summed E-state index contributed by atoms with van der Waals surface area (Å²) in [6, 6.07) is 19.6. The molecule has 2 amide bonds. The first kappa shape index (κ1) is 42.3. The summed E-state index contributed by atoms with van der Waals surface area (Å²) in [6.07, 6.45) is -0.580. The summed E-state index contributed by atoms with van der Waals surface area (Å²) >= 11 is 0. The first-order valence-corrected chi connectivity index (χ1v) is 19.2. The average Bonchev–Trinajstić information content (AvgIpc) is 3.43. The van der Waals surface area contributed by atoms with Gasteiger partial charge in [-0.3, -0.25) is 4.79 Å². The maximum atomic E-state index is 14.5. The first-order chi connectivity index (χ1) is 27.5. The Morgan fingerprint density at radius 1 is 0.914 bits per heavy atom. The van der Waals surface area contributed by atoms with Crippen molar-refractivity contribution in [2.75, 3.05) is 19.0 Å². The molecule has 3 N–H and O–H groups in total. The molecule has 3 aliphatic rings. The molecule has 3 aliphatic carbocycles. The number of ether oxygens (including phenoxy) is 2. The number of alkyl halides is 3. The fourth-order valence-electron chi connectivity index (χ4n) is 8.40. The minimum atomic E-state index is -4.88. The normalized spacial score (nSPS) is 22.3. The molecule has 4 unspecified atom stereocenters. The molecule has 1 fully saturated rings. The molecule has 0 saturated heterocycles. The minimum Gasteiger partial charge on any atom is -0.497 e. The van der Waals surface area contributed by atoms with Crippen LogP contribution in [0.1, 0.15) is 90.9 Å². The minimum absolute atomic E-state index is 0.0551. The van der Waals surface area contributed by atoms with Crippen LogP contribution in [0.25, 0.3) is 0 Å². The van der Waals surface area contributed by atoms with Gasteiger partial charge in [-0.15, -0.1) is 13.2 Å². The van der Waals surface area contributed by atoms with Crippen molar-refractivity contribution in [2.45, 2.75) is 89.3 Å². The van der Waals surface area contributed by atoms with Gasteiger partial charge in [-0.05, 0) is 135 Å². The highest BCUT2D eigenvalue weighted by Gasteiger charge is 2.57. The summed E-state index contributed by atoms with van der Waals surface area (Å²) in [6.45, 7) is 3.64. The van der Waals surface area contributed by atoms with Crippen LogP contribution in [0.2, 0.25) is 0 Å². The number of rotatable bonds is 9. The zero-order chi connectivity index (χ0) is 41.8. The fourth-order valence-corrected chi connectivity index (χ4v) is 8.40. The number of nitrogens with one attached hydrogen (secondary N) is 1. The predicted molar refractivity (Wildman–Crippen MR) is 209 cm³/mol. The maximum absolute atomic E-state index is 14.5. The maximum Gasteiger partial charge on any atom is 0.573 e. The number of carbonyl (C=O) groups excluding carboxylic acids is 2. The molecule has 308 valence electrons. The van der Waals surface area contributed by atoms with E-state index in [1.54, 1.807) is 30.3 Å². The summed E-state index contributed by atoms with van der Waals surface area (Å²) in [4.78, 5) is 29.9. The Morgan fingerprint density at radius 3 is 2.29 bits per heavy atom. The number of fused-ring (bicyclic) bond motifs is 8. The van der Waals surface area contributed by atoms with Gasteiger partial charge in [-0.1, -0.05) is 42.8 Å². The number of aliphatic hydroxyl groups excluding tert-OH is 1. The summed E-state index contributed by atoms with van der Waals surface area (Å²) in [5.74, 6) is -3.11. The van der Waals surface area contributed by atoms with E-state index in [1.165, 1.54) is 30.2 Å². The number of urea groups is 1. The average molecular weight is 807 g/mol. The van der Waals surface area contributed by atoms with Gasteiger partial charge in [-0.25, -0.2) is 13.6 Å². The number of aliphatic hydroxyl groups is 2. The van der Waals surface area contributed by atoms with E-state index in [0.717, 1.165) is 29.8 Å². The molecule has 58 heavy (non-hydrogen) atoms. The van der Waals surface area contributed by atoms with E-state index in [2.05, 4.69) is 16.1 Å². The van der Waals surface area contributed by atoms with Crippen molar-refractivity contribution in [1.82, 2.24) is 4.90 Å². The molecule has 0 radical (unpaired) electrons. The number of allylic oxidation sites excluding steroid dienone is 2. The molecule has 0 spiro atoms. The quantitative estimate of drug-likeness (QED) is 0.0884. The number of halogens is 5. The number of carbonyl (C=O) groups is 2. The number of amides is 2. The standard InChI is InChI=1S/C45H47F5N2O6/c1-28-5-4-21-43(2)38(36-18-9-30(23-33(53)13-6-28)24-37(36)41(54)31-10-19-39(46)40(47)25-31)20-22-44(43,56)27-52(42(55)51-32-11-16-34(57-3)17-12-32)26-29-7-14-35(15-8-29)58-45(48,49)50/h5,7-12,14-19,24-25,33,38,53,56H,4,6,13,20-23,26-27H2,1-3H3,(H,51,55). The van der Waals surface area contributed by atoms with Gasteiger partial charge in [-0.2, -0.15) is 0 Å². The van der Waals surface area contributed by atoms with Gasteiger partial charge < -0.3 is 29.9 Å². The molecule has 0 aliphatic heterocycles. The second-order valence-corrected chi connectivity index (χ2v) is 15.6. The lowest BCUT2D eigenvalue weighted by atomic mass is 9.64. The van der Waals surface area contributed by atoms with E-state index in [4.69, 9.17) is 4.74 Å². The van der Waals surface area contributed by atoms with Gasteiger partial charge in [0.1, 0.15) is 11.5 Å². The van der Waals surface area contributed by atoms with E-state index in [9.17, 15) is 41.8 Å². The van der Waals surface area contributed by atoms with Crippen LogP contribution in [0.3, 0.4) is 0 Å². The molecule has 4 atom stereocenters. The van der Waals surface area contributed by atoms with Gasteiger partial charge in [0.2, 0.25) is 0 Å². The third kappa shape index (κ3) is 9.70. The second-order valence-electron chi connectivity index (χ2n) is 15.6. The number of anilines is 1. The van der Waals surface area contributed by atoms with E-state index in [1.807, 2.05) is 26.0 Å². The Kier molecular flexibility index (Phi) is 12.6. The van der Waals surface area contributed by atoms with Gasteiger partial charge in [0.05, 0.1) is 25.4 Å². The predicted octanol–water partition coefficient (Wildman–Crippen LogP) is 9.88. The Morgan fingerprint density at radius 2 is 1.62 bits per heavy atom. The largest absolute Gasteiger partial charge is 0.573 e. The van der Waals surface area contributed by atoms with Crippen LogP contribution >= 0.6 is 0 Å². The van der Waals surface area contributed by atoms with Crippen LogP contribution in [0.15, 0.2) is 96.6 Å². The monoisotopic (exact) mass is 806 g/mol. The lowest BCUT2D eigenvalue weighted by Crippen LogP contribution is -2.54. The molecule has 4 aromatic carbocycles. The highest BCUT2D eigenvalue weighted by Crippen LogP contribution is 2.59. The number of hydrogen-bond acceptors (Lipinski definition) is 6. The zero-order valence-corrected chi connectivity index (χ0v) is 32.5. The number of ketones is 1. The molecular weight excluding hydrogens is 759 g/mol. The molecular formula is C45H47F5N2O6. The van der Waals surface area contributed by atoms with Crippen LogP contribution in [0, 0.1) is 17.0 Å². The Hall–Kier alpha value is -5.27. The summed E-state index contributed by atoms with van der Waals surface area (Å²) < 4.78 is 76.5. The number of methoxy groups -OCH3 is 1. The summed E-state index contributed by atoms with van der Waals surface area (Å²) in [5.41, 5.74) is 0.907. The number of nitrogens with zero attached hydrogens (tertiary/aromatic N) is 1. The topological polar surface area (TPSA) is 108 Å². The molecule has 4 aromatic rings. The molecule has 0 aromatic heterocycles. The smallest absolute Gasteiger partial charge is 0.497 e. The first-order valence-electron chi connectivity index (χ1n) is 19.2. The van der Waals surface area contributed by atoms with Crippen LogP contribution < -0.4 is 14.8 Å². The molecule has 2 bridgehead atoms. The molecule has 7 rings (SSSR count). The molecule has 1 saturated carbocycles. The Labute approximate surface area is 334 Å². The molecule has 8 nitrogen and oxygen atoms in total. The lowest BCUT2D eigenvalue weighted by molar-refractivity contribution is -0.274. The Bertz CT molecular complexity index is 2140. The van der Waals surface area contributed by atoms with Gasteiger partial charge >= 0.3 is 12.4 Å². The van der Waals surface area contributed by atoms with E-state index in [-0.39, 0.29) is 37.1 Å².